The molecular formula is C11H21NaO4S. The Morgan fingerprint density at radius 1 is 1.41 bits per heavy atom. The van der Waals surface area contributed by atoms with Gasteiger partial charge in [0.05, 0.1) is 6.61 Å². The summed E-state index contributed by atoms with van der Waals surface area (Å²) >= 11 is 0. The zero-order chi connectivity index (χ0) is 12.6. The fraction of sp³-hybridized carbons (Fsp3) is 0.818. The molecule has 0 saturated heterocycles. The van der Waals surface area contributed by atoms with Crippen LogP contribution >= 0.6 is 0 Å². The van der Waals surface area contributed by atoms with Crippen molar-refractivity contribution in [2.24, 2.45) is 5.92 Å². The summed E-state index contributed by atoms with van der Waals surface area (Å²) in [5.41, 5.74) is 1.22. The van der Waals surface area contributed by atoms with Crippen LogP contribution in [-0.4, -0.2) is 19.6 Å². The van der Waals surface area contributed by atoms with Gasteiger partial charge in [0, 0.05) is 0 Å². The smallest absolute Gasteiger partial charge is 0.726 e. The number of rotatable bonds is 8. The summed E-state index contributed by atoms with van der Waals surface area (Å²) in [5.74, 6) is 0.710. The van der Waals surface area contributed by atoms with Gasteiger partial charge in [-0.2, -0.15) is 0 Å². The normalized spacial score (nSPS) is 12.6. The molecule has 0 atom stereocenters. The fourth-order valence-electron chi connectivity index (χ4n) is 1.35. The molecule has 0 bridgehead atoms. The minimum atomic E-state index is -4.53. The number of hydrogen-bond acceptors (Lipinski definition) is 4. The van der Waals surface area contributed by atoms with E-state index in [0.29, 0.717) is 12.3 Å². The van der Waals surface area contributed by atoms with Crippen molar-refractivity contribution in [2.75, 3.05) is 6.61 Å². The van der Waals surface area contributed by atoms with Crippen LogP contribution < -0.4 is 29.6 Å². The molecule has 0 aliphatic rings. The Morgan fingerprint density at radius 2 is 2.00 bits per heavy atom. The second kappa shape index (κ2) is 10.5. The van der Waals surface area contributed by atoms with Crippen molar-refractivity contribution in [1.29, 1.82) is 0 Å². The third-order valence-electron chi connectivity index (χ3n) is 2.19. The van der Waals surface area contributed by atoms with Gasteiger partial charge < -0.3 is 4.55 Å². The average molecular weight is 272 g/mol. The van der Waals surface area contributed by atoms with E-state index in [-0.39, 0.29) is 36.2 Å². The molecule has 0 rings (SSSR count). The standard InChI is InChI=1S/C11H22O4S.Na/c1-10(2)6-4-7-11(3)8-5-9-15-16(12,13)14;/h8,10H,4-7,9H2,1-3H3,(H,12,13,14);/q;+1/p-1/b11-8+;. The molecule has 0 spiro atoms. The van der Waals surface area contributed by atoms with Crippen LogP contribution in [-0.2, 0) is 14.6 Å². The Morgan fingerprint density at radius 3 is 2.47 bits per heavy atom. The third-order valence-corrected chi connectivity index (χ3v) is 2.65. The topological polar surface area (TPSA) is 66.4 Å². The van der Waals surface area contributed by atoms with Gasteiger partial charge >= 0.3 is 29.6 Å². The molecule has 0 N–H and O–H groups in total. The van der Waals surface area contributed by atoms with Gasteiger partial charge in [-0.3, -0.25) is 4.18 Å². The Kier molecular flexibility index (Phi) is 12.3. The van der Waals surface area contributed by atoms with Gasteiger partial charge in [-0.15, -0.1) is 0 Å². The first kappa shape index (κ1) is 19.9. The minimum Gasteiger partial charge on any atom is -0.726 e. The SMILES string of the molecule is C/C(=C\CCOS(=O)(=O)[O-])CCCC(C)C.[Na+]. The molecule has 0 aromatic carbocycles. The molecular weight excluding hydrogens is 251 g/mol. The molecule has 0 amide bonds. The number of hydrogen-bond donors (Lipinski definition) is 0. The molecule has 4 nitrogen and oxygen atoms in total. The van der Waals surface area contributed by atoms with E-state index < -0.39 is 10.4 Å². The van der Waals surface area contributed by atoms with E-state index in [4.69, 9.17) is 0 Å². The Hall–Kier alpha value is 0.610. The van der Waals surface area contributed by atoms with Crippen molar-refractivity contribution in [3.8, 4) is 0 Å². The zero-order valence-electron chi connectivity index (χ0n) is 11.2. The third kappa shape index (κ3) is 16.6. The van der Waals surface area contributed by atoms with E-state index in [2.05, 4.69) is 18.0 Å². The van der Waals surface area contributed by atoms with Crippen molar-refractivity contribution in [2.45, 2.75) is 46.5 Å². The zero-order valence-corrected chi connectivity index (χ0v) is 14.0. The fourth-order valence-corrected chi connectivity index (χ4v) is 1.65. The van der Waals surface area contributed by atoms with Gasteiger partial charge in [0.25, 0.3) is 0 Å². The van der Waals surface area contributed by atoms with Gasteiger partial charge in [-0.25, -0.2) is 8.42 Å². The largest absolute Gasteiger partial charge is 1.00 e. The molecule has 0 heterocycles. The van der Waals surface area contributed by atoms with Gasteiger partial charge in [0.15, 0.2) is 0 Å². The molecule has 0 fully saturated rings. The quantitative estimate of drug-likeness (QED) is 0.199. The molecule has 96 valence electrons. The number of allylic oxidation sites excluding steroid dienone is 1. The first-order valence-electron chi connectivity index (χ1n) is 5.57. The molecule has 0 aromatic heterocycles. The van der Waals surface area contributed by atoms with Crippen LogP contribution in [0.2, 0.25) is 0 Å². The molecule has 0 aliphatic heterocycles. The van der Waals surface area contributed by atoms with Crippen molar-refractivity contribution >= 4 is 10.4 Å². The molecule has 0 unspecified atom stereocenters. The van der Waals surface area contributed by atoms with Crippen LogP contribution in [0.5, 0.6) is 0 Å². The van der Waals surface area contributed by atoms with E-state index in [0.717, 1.165) is 12.8 Å². The van der Waals surface area contributed by atoms with E-state index in [1.54, 1.807) is 0 Å². The molecule has 0 aromatic rings. The van der Waals surface area contributed by atoms with Crippen molar-refractivity contribution < 1.29 is 46.7 Å². The van der Waals surface area contributed by atoms with E-state index in [1.165, 1.54) is 12.0 Å². The van der Waals surface area contributed by atoms with E-state index >= 15 is 0 Å². The van der Waals surface area contributed by atoms with Crippen LogP contribution in [0.1, 0.15) is 46.5 Å². The van der Waals surface area contributed by atoms with E-state index in [9.17, 15) is 13.0 Å². The monoisotopic (exact) mass is 272 g/mol. The van der Waals surface area contributed by atoms with Gasteiger partial charge in [-0.1, -0.05) is 31.9 Å². The maximum atomic E-state index is 10.1. The Balaban J connectivity index is 0. The first-order valence-corrected chi connectivity index (χ1v) is 6.90. The summed E-state index contributed by atoms with van der Waals surface area (Å²) in [6.07, 6.45) is 5.74. The maximum absolute atomic E-state index is 10.1. The van der Waals surface area contributed by atoms with Crippen molar-refractivity contribution in [1.82, 2.24) is 0 Å². The van der Waals surface area contributed by atoms with Gasteiger partial charge in [0.1, 0.15) is 0 Å². The van der Waals surface area contributed by atoms with E-state index in [1.807, 2.05) is 13.0 Å². The van der Waals surface area contributed by atoms with Crippen molar-refractivity contribution in [3.05, 3.63) is 11.6 Å². The van der Waals surface area contributed by atoms with Crippen LogP contribution in [0.3, 0.4) is 0 Å². The predicted molar refractivity (Wildman–Crippen MR) is 62.7 cm³/mol. The van der Waals surface area contributed by atoms with Crippen LogP contribution in [0.4, 0.5) is 0 Å². The van der Waals surface area contributed by atoms with Gasteiger partial charge in [-0.05, 0) is 32.1 Å². The Labute approximate surface area is 127 Å². The molecule has 0 saturated carbocycles. The molecule has 0 radical (unpaired) electrons. The summed E-state index contributed by atoms with van der Waals surface area (Å²) < 4.78 is 34.5. The summed E-state index contributed by atoms with van der Waals surface area (Å²) in [5, 5.41) is 0. The second-order valence-corrected chi connectivity index (χ2v) is 5.41. The van der Waals surface area contributed by atoms with Crippen LogP contribution in [0.15, 0.2) is 11.6 Å². The van der Waals surface area contributed by atoms with Gasteiger partial charge in [0.2, 0.25) is 10.4 Å². The summed E-state index contributed by atoms with van der Waals surface area (Å²) in [6, 6.07) is 0. The van der Waals surface area contributed by atoms with Crippen molar-refractivity contribution in [3.63, 3.8) is 0 Å². The molecule has 0 aliphatic carbocycles. The summed E-state index contributed by atoms with van der Waals surface area (Å²) in [6.45, 7) is 6.32. The second-order valence-electron chi connectivity index (χ2n) is 4.36. The average Bonchev–Trinajstić information content (AvgIpc) is 2.10. The summed E-state index contributed by atoms with van der Waals surface area (Å²) in [7, 11) is -4.53. The first-order chi connectivity index (χ1) is 7.31. The molecule has 6 heteroatoms. The molecule has 17 heavy (non-hydrogen) atoms. The minimum absolute atomic E-state index is 0. The van der Waals surface area contributed by atoms with Crippen LogP contribution in [0, 0.1) is 5.92 Å². The summed E-state index contributed by atoms with van der Waals surface area (Å²) in [4.78, 5) is 0. The Bertz CT molecular complexity index is 309. The maximum Gasteiger partial charge on any atom is 1.00 e. The predicted octanol–water partition coefficient (Wildman–Crippen LogP) is -0.370. The van der Waals surface area contributed by atoms with Crippen LogP contribution in [0.25, 0.3) is 0 Å².